The molecule has 0 unspecified atom stereocenters. The third-order valence-corrected chi connectivity index (χ3v) is 5.59. The van der Waals surface area contributed by atoms with Gasteiger partial charge in [-0.25, -0.2) is 0 Å². The highest BCUT2D eigenvalue weighted by molar-refractivity contribution is 5.69. The molecular formula is C27H44O4. The van der Waals surface area contributed by atoms with Crippen LogP contribution >= 0.6 is 0 Å². The maximum absolute atomic E-state index is 11.8. The fourth-order valence-electron chi connectivity index (χ4n) is 3.64. The van der Waals surface area contributed by atoms with Gasteiger partial charge in [0, 0.05) is 6.42 Å². The summed E-state index contributed by atoms with van der Waals surface area (Å²) in [4.78, 5) is 11.8. The summed E-state index contributed by atoms with van der Waals surface area (Å²) in [6.07, 6.45) is 22.5. The molecule has 2 N–H and O–H groups in total. The van der Waals surface area contributed by atoms with E-state index in [9.17, 15) is 15.0 Å². The van der Waals surface area contributed by atoms with Crippen molar-refractivity contribution in [3.63, 3.8) is 0 Å². The van der Waals surface area contributed by atoms with E-state index < -0.39 is 0 Å². The lowest BCUT2D eigenvalue weighted by Crippen LogP contribution is -2.06. The van der Waals surface area contributed by atoms with Crippen LogP contribution in [0.1, 0.15) is 109 Å². The monoisotopic (exact) mass is 432 g/mol. The van der Waals surface area contributed by atoms with Gasteiger partial charge in [0.2, 0.25) is 0 Å². The van der Waals surface area contributed by atoms with Gasteiger partial charge in [0.25, 0.3) is 0 Å². The first-order chi connectivity index (χ1) is 15.1. The number of allylic oxidation sites excluding steroid dienone is 2. The van der Waals surface area contributed by atoms with E-state index in [0.717, 1.165) is 12.8 Å². The van der Waals surface area contributed by atoms with E-state index >= 15 is 0 Å². The van der Waals surface area contributed by atoms with Crippen LogP contribution in [-0.2, 0) is 16.0 Å². The molecule has 1 rings (SSSR count). The molecule has 4 nitrogen and oxygen atoms in total. The second-order valence-electron chi connectivity index (χ2n) is 8.44. The first-order valence-electron chi connectivity index (χ1n) is 12.5. The van der Waals surface area contributed by atoms with Gasteiger partial charge in [-0.05, 0) is 56.6 Å². The molecule has 0 aliphatic rings. The molecular weight excluding hydrogens is 388 g/mol. The molecule has 0 aromatic heterocycles. The minimum Gasteiger partial charge on any atom is -0.504 e. The Balaban J connectivity index is 1.87. The second kappa shape index (κ2) is 18.8. The van der Waals surface area contributed by atoms with Crippen LogP contribution in [0.15, 0.2) is 30.4 Å². The van der Waals surface area contributed by atoms with Gasteiger partial charge in [0.15, 0.2) is 11.5 Å². The Hall–Kier alpha value is -1.97. The molecule has 0 saturated carbocycles. The highest BCUT2D eigenvalue weighted by Crippen LogP contribution is 2.28. The predicted octanol–water partition coefficient (Wildman–Crippen LogP) is 7.61. The van der Waals surface area contributed by atoms with Gasteiger partial charge in [-0.3, -0.25) is 4.79 Å². The van der Waals surface area contributed by atoms with Crippen molar-refractivity contribution in [2.24, 2.45) is 0 Å². The molecule has 0 saturated heterocycles. The van der Waals surface area contributed by atoms with Crippen molar-refractivity contribution in [2.45, 2.75) is 110 Å². The highest BCUT2D eigenvalue weighted by Gasteiger charge is 2.07. The van der Waals surface area contributed by atoms with Crippen molar-refractivity contribution in [1.29, 1.82) is 0 Å². The van der Waals surface area contributed by atoms with Crippen molar-refractivity contribution in [2.75, 3.05) is 6.61 Å². The lowest BCUT2D eigenvalue weighted by Gasteiger charge is -2.07. The Morgan fingerprint density at radius 1 is 0.839 bits per heavy atom. The average Bonchev–Trinajstić information content (AvgIpc) is 2.76. The summed E-state index contributed by atoms with van der Waals surface area (Å²) in [6, 6.07) is 4.91. The third-order valence-electron chi connectivity index (χ3n) is 5.59. The van der Waals surface area contributed by atoms with Gasteiger partial charge in [-0.1, -0.05) is 82.6 Å². The summed E-state index contributed by atoms with van der Waals surface area (Å²) in [5.74, 6) is -0.335. The van der Waals surface area contributed by atoms with Gasteiger partial charge in [0.05, 0.1) is 6.61 Å². The summed E-state index contributed by atoms with van der Waals surface area (Å²) < 4.78 is 5.26. The number of ether oxygens (including phenoxy) is 1. The van der Waals surface area contributed by atoms with E-state index in [2.05, 4.69) is 19.1 Å². The molecule has 1 aromatic rings. The van der Waals surface area contributed by atoms with Crippen molar-refractivity contribution >= 4 is 5.97 Å². The Kier molecular flexibility index (Phi) is 16.4. The molecule has 1 aromatic carbocycles. The number of unbranched alkanes of at least 4 members (excludes halogenated alkanes) is 11. The summed E-state index contributed by atoms with van der Waals surface area (Å²) in [7, 11) is 0. The number of phenols is 2. The summed E-state index contributed by atoms with van der Waals surface area (Å²) in [5.41, 5.74) is 0.674. The van der Waals surface area contributed by atoms with Gasteiger partial charge < -0.3 is 14.9 Å². The molecule has 0 aliphatic carbocycles. The zero-order valence-electron chi connectivity index (χ0n) is 19.6. The molecule has 0 atom stereocenters. The first-order valence-corrected chi connectivity index (χ1v) is 12.5. The fourth-order valence-corrected chi connectivity index (χ4v) is 3.64. The normalized spacial score (nSPS) is 11.3. The van der Waals surface area contributed by atoms with Crippen molar-refractivity contribution in [1.82, 2.24) is 0 Å². The highest BCUT2D eigenvalue weighted by atomic mass is 16.5. The zero-order chi connectivity index (χ0) is 22.6. The summed E-state index contributed by atoms with van der Waals surface area (Å²) in [6.45, 7) is 2.60. The number of phenolic OH excluding ortho intramolecular Hbond substituents is 2. The van der Waals surface area contributed by atoms with E-state index in [0.29, 0.717) is 31.4 Å². The number of carbonyl (C=O) groups excluding carboxylic acids is 1. The van der Waals surface area contributed by atoms with Crippen LogP contribution in [-0.4, -0.2) is 22.8 Å². The van der Waals surface area contributed by atoms with Crippen LogP contribution in [0.3, 0.4) is 0 Å². The zero-order valence-corrected chi connectivity index (χ0v) is 19.6. The number of aryl methyl sites for hydroxylation is 1. The number of benzene rings is 1. The average molecular weight is 433 g/mol. The maximum Gasteiger partial charge on any atom is 0.305 e. The quantitative estimate of drug-likeness (QED) is 0.102. The van der Waals surface area contributed by atoms with E-state index in [1.54, 1.807) is 12.1 Å². The van der Waals surface area contributed by atoms with E-state index in [1.165, 1.54) is 76.7 Å². The van der Waals surface area contributed by atoms with Crippen molar-refractivity contribution in [3.05, 3.63) is 35.9 Å². The standard InChI is InChI=1S/C27H44O4/c1-2-3-4-5-6-7-8-9-10-11-12-13-14-15-16-22-26(29)31-23-18-20-24-19-17-21-25(28)27(24)30/h9-10,17,19,21,28,30H,2-8,11-16,18,20,22-23H2,1H3/b10-9+. The van der Waals surface area contributed by atoms with Gasteiger partial charge in [-0.2, -0.15) is 0 Å². The van der Waals surface area contributed by atoms with Crippen LogP contribution in [0, 0.1) is 0 Å². The fraction of sp³-hybridized carbons (Fsp3) is 0.667. The minimum absolute atomic E-state index is 0.0814. The molecule has 31 heavy (non-hydrogen) atoms. The van der Waals surface area contributed by atoms with Gasteiger partial charge in [-0.15, -0.1) is 0 Å². The smallest absolute Gasteiger partial charge is 0.305 e. The van der Waals surface area contributed by atoms with E-state index in [-0.39, 0.29) is 17.5 Å². The molecule has 0 heterocycles. The molecule has 0 bridgehead atoms. The lowest BCUT2D eigenvalue weighted by atomic mass is 10.1. The Bertz CT molecular complexity index is 609. The summed E-state index contributed by atoms with van der Waals surface area (Å²) in [5, 5.41) is 19.2. The maximum atomic E-state index is 11.8. The summed E-state index contributed by atoms with van der Waals surface area (Å²) >= 11 is 0. The van der Waals surface area contributed by atoms with Crippen LogP contribution in [0.5, 0.6) is 11.5 Å². The van der Waals surface area contributed by atoms with E-state index in [4.69, 9.17) is 4.74 Å². The number of rotatable bonds is 19. The second-order valence-corrected chi connectivity index (χ2v) is 8.44. The molecule has 176 valence electrons. The van der Waals surface area contributed by atoms with Crippen molar-refractivity contribution < 1.29 is 19.7 Å². The lowest BCUT2D eigenvalue weighted by molar-refractivity contribution is -0.143. The number of esters is 1. The van der Waals surface area contributed by atoms with Gasteiger partial charge in [0.1, 0.15) is 0 Å². The molecule has 0 amide bonds. The third kappa shape index (κ3) is 14.6. The molecule has 0 spiro atoms. The minimum atomic E-state index is -0.141. The first kappa shape index (κ1) is 27.1. The Morgan fingerprint density at radius 3 is 2.13 bits per heavy atom. The number of carbonyl (C=O) groups is 1. The Labute approximate surface area is 189 Å². The van der Waals surface area contributed by atoms with Crippen LogP contribution in [0.4, 0.5) is 0 Å². The Morgan fingerprint density at radius 2 is 1.45 bits per heavy atom. The topological polar surface area (TPSA) is 66.8 Å². The predicted molar refractivity (Wildman–Crippen MR) is 129 cm³/mol. The largest absolute Gasteiger partial charge is 0.504 e. The molecule has 0 aliphatic heterocycles. The van der Waals surface area contributed by atoms with Crippen LogP contribution in [0.2, 0.25) is 0 Å². The number of para-hydroxylation sites is 1. The number of hydrogen-bond donors (Lipinski definition) is 2. The molecule has 0 radical (unpaired) electrons. The van der Waals surface area contributed by atoms with Crippen molar-refractivity contribution in [3.8, 4) is 11.5 Å². The SMILES string of the molecule is CCCCCCCC/C=C/CCCCCCCC(=O)OCCCc1cccc(O)c1O. The van der Waals surface area contributed by atoms with Crippen LogP contribution in [0.25, 0.3) is 0 Å². The van der Waals surface area contributed by atoms with Gasteiger partial charge >= 0.3 is 5.97 Å². The van der Waals surface area contributed by atoms with Crippen LogP contribution < -0.4 is 0 Å². The number of hydrogen-bond acceptors (Lipinski definition) is 4. The van der Waals surface area contributed by atoms with E-state index in [1.807, 2.05) is 0 Å². The molecule has 4 heteroatoms. The molecule has 0 fully saturated rings. The number of aromatic hydroxyl groups is 2.